The number of benzene rings is 4. The Hall–Kier alpha value is -4.10. The molecule has 0 saturated carbocycles. The molecule has 236 valence electrons. The van der Waals surface area contributed by atoms with Gasteiger partial charge in [0, 0.05) is 30.3 Å². The monoisotopic (exact) mass is 716 g/mol. The largest absolute Gasteiger partial charge is 1.00 e. The first-order valence-electron chi connectivity index (χ1n) is 12.0. The standard InChI is InChI=1S/C24H16N8O12S2.2Na/c33-23-19(28-25-14-3-8-17(9-4-14)45(39,40)41)12-20(24(34)22(23)30-26-13-1-5-15(6-2-13)31(35)36)29-27-18-10-7-16(32(37)38)11-21(18)46(42,43)44;;/h1-12,25-26H,(H,39,40,41)(H,42,43,44);;/q;2*+1/p-2/b28-19-,29-27?,30-22-;;. The third kappa shape index (κ3) is 9.96. The number of nitro groups is 2. The molecule has 48 heavy (non-hydrogen) atoms. The first-order valence-corrected chi connectivity index (χ1v) is 14.8. The molecule has 0 amide bonds. The van der Waals surface area contributed by atoms with Crippen LogP contribution in [0.2, 0.25) is 0 Å². The molecule has 0 bridgehead atoms. The van der Waals surface area contributed by atoms with Crippen molar-refractivity contribution >= 4 is 54.4 Å². The van der Waals surface area contributed by atoms with Crippen molar-refractivity contribution in [3.05, 3.63) is 124 Å². The molecule has 0 fully saturated rings. The van der Waals surface area contributed by atoms with Crippen LogP contribution < -0.4 is 91.5 Å². The summed E-state index contributed by atoms with van der Waals surface area (Å²) in [6, 6.07) is 11.7. The van der Waals surface area contributed by atoms with E-state index >= 15 is 0 Å². The number of non-ortho nitro benzene ring substituents is 2. The molecule has 0 unspecified atom stereocenters. The van der Waals surface area contributed by atoms with Crippen molar-refractivity contribution in [3.8, 4) is 0 Å². The van der Waals surface area contributed by atoms with Gasteiger partial charge in [0.1, 0.15) is 37.0 Å². The summed E-state index contributed by atoms with van der Waals surface area (Å²) in [5.74, 6) is 0. The van der Waals surface area contributed by atoms with Gasteiger partial charge in [0.05, 0.1) is 31.0 Å². The minimum absolute atomic E-state index is 0. The SMILES string of the molecule is O=c1c(N=Nc2ccc([N+](=O)[O-])cc2S(=O)(=O)[O-])c/c(=N/Nc2ccc(S(=O)(=O)[O-])cc2)c(=O)/c1=N/Nc1ccc([N+](=O)[O-])cc1.[Na+].[Na+]. The number of azo groups is 1. The van der Waals surface area contributed by atoms with Gasteiger partial charge in [0.2, 0.25) is 10.9 Å². The predicted octanol–water partition coefficient (Wildman–Crippen LogP) is -4.81. The van der Waals surface area contributed by atoms with Crippen LogP contribution in [-0.4, -0.2) is 35.8 Å². The van der Waals surface area contributed by atoms with E-state index in [1.54, 1.807) is 0 Å². The number of nitro benzene ring substituents is 2. The maximum atomic E-state index is 13.2. The van der Waals surface area contributed by atoms with Crippen molar-refractivity contribution < 1.29 is 94.9 Å². The Balaban J connectivity index is 0.00000400. The second kappa shape index (κ2) is 16.3. The summed E-state index contributed by atoms with van der Waals surface area (Å²) in [7, 11) is -10.1. The number of nitrogens with one attached hydrogen (secondary N) is 2. The summed E-state index contributed by atoms with van der Waals surface area (Å²) >= 11 is 0. The average molecular weight is 717 g/mol. The number of nitrogens with zero attached hydrogens (tertiary/aromatic N) is 6. The van der Waals surface area contributed by atoms with Crippen LogP contribution >= 0.6 is 0 Å². The van der Waals surface area contributed by atoms with Crippen LogP contribution in [0.15, 0.2) is 113 Å². The number of hydrogen-bond acceptors (Lipinski definition) is 18. The smallest absolute Gasteiger partial charge is 0.744 e. The van der Waals surface area contributed by atoms with E-state index in [9.17, 15) is 55.8 Å². The topological polar surface area (TPSA) is 308 Å². The Morgan fingerprint density at radius 2 is 1.10 bits per heavy atom. The third-order valence-electron chi connectivity index (χ3n) is 5.68. The van der Waals surface area contributed by atoms with Crippen LogP contribution in [0.1, 0.15) is 0 Å². The van der Waals surface area contributed by atoms with Crippen LogP contribution in [-0.2, 0) is 20.2 Å². The maximum absolute atomic E-state index is 13.2. The van der Waals surface area contributed by atoms with Gasteiger partial charge >= 0.3 is 59.1 Å². The molecule has 0 aromatic heterocycles. The van der Waals surface area contributed by atoms with Crippen LogP contribution in [0, 0.1) is 20.2 Å². The zero-order valence-electron chi connectivity index (χ0n) is 24.3. The molecule has 0 spiro atoms. The van der Waals surface area contributed by atoms with Crippen LogP contribution in [0.25, 0.3) is 0 Å². The first kappa shape index (κ1) is 40.1. The number of hydrogen-bond donors (Lipinski definition) is 2. The molecule has 0 aliphatic heterocycles. The molecule has 20 nitrogen and oxygen atoms in total. The second-order valence-corrected chi connectivity index (χ2v) is 11.4. The van der Waals surface area contributed by atoms with E-state index in [1.807, 2.05) is 0 Å². The summed E-state index contributed by atoms with van der Waals surface area (Å²) in [6.45, 7) is 0. The molecule has 0 aliphatic carbocycles. The minimum atomic E-state index is -5.32. The van der Waals surface area contributed by atoms with E-state index in [4.69, 9.17) is 0 Å². The Morgan fingerprint density at radius 1 is 0.604 bits per heavy atom. The van der Waals surface area contributed by atoms with E-state index in [0.29, 0.717) is 6.07 Å². The molecular weight excluding hydrogens is 702 g/mol. The van der Waals surface area contributed by atoms with E-state index in [-0.39, 0.29) is 76.2 Å². The molecule has 0 aliphatic rings. The Labute approximate surface area is 312 Å². The van der Waals surface area contributed by atoms with Crippen LogP contribution in [0.4, 0.5) is 34.1 Å². The average Bonchev–Trinajstić information content (AvgIpc) is 2.99. The van der Waals surface area contributed by atoms with E-state index in [0.717, 1.165) is 54.6 Å². The van der Waals surface area contributed by atoms with Crippen molar-refractivity contribution in [1.82, 2.24) is 0 Å². The van der Waals surface area contributed by atoms with Gasteiger partial charge in [-0.25, -0.2) is 16.8 Å². The normalized spacial score (nSPS) is 12.2. The first-order chi connectivity index (χ1) is 21.5. The van der Waals surface area contributed by atoms with E-state index in [2.05, 4.69) is 31.3 Å². The van der Waals surface area contributed by atoms with Gasteiger partial charge in [-0.1, -0.05) is 0 Å². The van der Waals surface area contributed by atoms with Crippen molar-refractivity contribution in [2.45, 2.75) is 9.79 Å². The van der Waals surface area contributed by atoms with Gasteiger partial charge in [0.25, 0.3) is 11.4 Å². The molecule has 0 heterocycles. The molecule has 4 aromatic rings. The number of rotatable bonds is 10. The summed E-state index contributed by atoms with van der Waals surface area (Å²) in [5.41, 5.74) is 0.328. The van der Waals surface area contributed by atoms with Crippen molar-refractivity contribution in [3.63, 3.8) is 0 Å². The van der Waals surface area contributed by atoms with Gasteiger partial charge in [-0.15, -0.1) is 10.2 Å². The minimum Gasteiger partial charge on any atom is -0.744 e. The van der Waals surface area contributed by atoms with Gasteiger partial charge in [-0.05, 0) is 42.5 Å². The molecule has 24 heteroatoms. The molecule has 0 radical (unpaired) electrons. The quantitative estimate of drug-likeness (QED) is 0.0512. The molecule has 4 aromatic carbocycles. The van der Waals surface area contributed by atoms with Gasteiger partial charge in [0.15, 0.2) is 5.36 Å². The van der Waals surface area contributed by atoms with Gasteiger partial charge in [-0.2, -0.15) is 10.2 Å². The van der Waals surface area contributed by atoms with Gasteiger partial charge < -0.3 is 9.11 Å². The summed E-state index contributed by atoms with van der Waals surface area (Å²) in [6.07, 6.45) is 0. The predicted molar refractivity (Wildman–Crippen MR) is 152 cm³/mol. The number of anilines is 2. The van der Waals surface area contributed by atoms with Crippen LogP contribution in [0.3, 0.4) is 0 Å². The molecule has 0 atom stereocenters. The van der Waals surface area contributed by atoms with Crippen molar-refractivity contribution in [2.75, 3.05) is 10.9 Å². The molecule has 0 saturated heterocycles. The van der Waals surface area contributed by atoms with Crippen molar-refractivity contribution in [1.29, 1.82) is 0 Å². The zero-order chi connectivity index (χ0) is 33.8. The zero-order valence-corrected chi connectivity index (χ0v) is 30.0. The van der Waals surface area contributed by atoms with Crippen molar-refractivity contribution in [2.24, 2.45) is 20.4 Å². The van der Waals surface area contributed by atoms with Gasteiger partial charge in [-0.3, -0.25) is 40.7 Å². The molecule has 4 rings (SSSR count). The Morgan fingerprint density at radius 3 is 1.62 bits per heavy atom. The maximum Gasteiger partial charge on any atom is 1.00 e. The fourth-order valence-corrected chi connectivity index (χ4v) is 4.57. The third-order valence-corrected chi connectivity index (χ3v) is 7.40. The fraction of sp³-hybridized carbons (Fsp3) is 0. The Bertz CT molecular complexity index is 2370. The molecule has 2 N–H and O–H groups in total. The van der Waals surface area contributed by atoms with Crippen LogP contribution in [0.5, 0.6) is 0 Å². The molecular formula is C24H14N8Na2O12S2. The fourth-order valence-electron chi connectivity index (χ4n) is 3.47. The second-order valence-electron chi connectivity index (χ2n) is 8.71. The Kier molecular flexibility index (Phi) is 13.6. The summed E-state index contributed by atoms with van der Waals surface area (Å²) < 4.78 is 68.6. The van der Waals surface area contributed by atoms with E-state index < -0.39 is 78.5 Å². The van der Waals surface area contributed by atoms with E-state index in [1.165, 1.54) is 12.1 Å². The summed E-state index contributed by atoms with van der Waals surface area (Å²) in [4.78, 5) is 44.9. The summed E-state index contributed by atoms with van der Waals surface area (Å²) in [5, 5.41) is 35.3.